The Bertz CT molecular complexity index is 794. The summed E-state index contributed by atoms with van der Waals surface area (Å²) in [5.41, 5.74) is 1.73. The van der Waals surface area contributed by atoms with Crippen LogP contribution in [0.3, 0.4) is 0 Å². The number of amides is 1. The first-order valence-corrected chi connectivity index (χ1v) is 8.96. The highest BCUT2D eigenvalue weighted by Crippen LogP contribution is 2.34. The Morgan fingerprint density at radius 1 is 1.12 bits per heavy atom. The van der Waals surface area contributed by atoms with E-state index >= 15 is 0 Å². The monoisotopic (exact) mass is 340 g/mol. The molecule has 1 heterocycles. The van der Waals surface area contributed by atoms with Crippen molar-refractivity contribution in [3.05, 3.63) is 48.5 Å². The lowest BCUT2D eigenvalue weighted by Gasteiger charge is -2.20. The molecule has 4 nitrogen and oxygen atoms in total. The fourth-order valence-corrected chi connectivity index (χ4v) is 3.50. The van der Waals surface area contributed by atoms with Crippen LogP contribution in [0.4, 0.5) is 10.8 Å². The number of hydrogen-bond donors (Lipinski definition) is 0. The van der Waals surface area contributed by atoms with Gasteiger partial charge >= 0.3 is 0 Å². The fourth-order valence-electron chi connectivity index (χ4n) is 2.50. The smallest absolute Gasteiger partial charge is 0.233 e. The number of hydrogen-bond acceptors (Lipinski definition) is 4. The van der Waals surface area contributed by atoms with Gasteiger partial charge in [0, 0.05) is 6.42 Å². The maximum Gasteiger partial charge on any atom is 0.233 e. The zero-order valence-corrected chi connectivity index (χ0v) is 14.7. The van der Waals surface area contributed by atoms with Crippen LogP contribution in [0, 0.1) is 0 Å². The third-order valence-corrected chi connectivity index (χ3v) is 4.61. The number of carbonyl (C=O) groups excluding carboxylic acids is 1. The highest BCUT2D eigenvalue weighted by molar-refractivity contribution is 7.22. The summed E-state index contributed by atoms with van der Waals surface area (Å²) in [6, 6.07) is 15.5. The molecule has 5 heteroatoms. The third-order valence-electron chi connectivity index (χ3n) is 3.59. The minimum atomic E-state index is 0.0562. The van der Waals surface area contributed by atoms with E-state index in [4.69, 9.17) is 4.74 Å². The largest absolute Gasteiger partial charge is 0.494 e. The average Bonchev–Trinajstić information content (AvgIpc) is 3.00. The molecule has 0 bridgehead atoms. The fraction of sp³-hybridized carbons (Fsp3) is 0.263. The Morgan fingerprint density at radius 2 is 1.88 bits per heavy atom. The lowest BCUT2D eigenvalue weighted by molar-refractivity contribution is -0.117. The van der Waals surface area contributed by atoms with Gasteiger partial charge < -0.3 is 4.74 Å². The number of para-hydroxylation sites is 1. The summed E-state index contributed by atoms with van der Waals surface area (Å²) in [7, 11) is 0. The van der Waals surface area contributed by atoms with E-state index in [0.717, 1.165) is 28.1 Å². The quantitative estimate of drug-likeness (QED) is 0.622. The van der Waals surface area contributed by atoms with Crippen LogP contribution in [0.5, 0.6) is 5.75 Å². The Balaban J connectivity index is 2.00. The van der Waals surface area contributed by atoms with Crippen LogP contribution < -0.4 is 9.64 Å². The maximum atomic E-state index is 12.7. The van der Waals surface area contributed by atoms with Gasteiger partial charge in [-0.05, 0) is 49.7 Å². The van der Waals surface area contributed by atoms with Crippen LogP contribution in [0.2, 0.25) is 0 Å². The van der Waals surface area contributed by atoms with Crippen molar-refractivity contribution in [1.82, 2.24) is 4.98 Å². The zero-order valence-electron chi connectivity index (χ0n) is 13.9. The van der Waals surface area contributed by atoms with Crippen molar-refractivity contribution in [2.75, 3.05) is 11.5 Å². The Hall–Kier alpha value is -2.40. The van der Waals surface area contributed by atoms with Crippen molar-refractivity contribution in [3.8, 4) is 5.75 Å². The second-order valence-corrected chi connectivity index (χ2v) is 6.38. The Kier molecular flexibility index (Phi) is 5.11. The van der Waals surface area contributed by atoms with Gasteiger partial charge in [0.1, 0.15) is 5.75 Å². The summed E-state index contributed by atoms with van der Waals surface area (Å²) in [6.45, 7) is 4.58. The molecule has 0 aliphatic rings. The van der Waals surface area contributed by atoms with Gasteiger partial charge in [0.25, 0.3) is 0 Å². The summed E-state index contributed by atoms with van der Waals surface area (Å²) in [4.78, 5) is 19.0. The van der Waals surface area contributed by atoms with Crippen molar-refractivity contribution in [2.24, 2.45) is 0 Å². The SMILES string of the molecule is CCCC(=O)N(c1ccc(OCC)cc1)c1nc2ccccc2s1. The van der Waals surface area contributed by atoms with Crippen molar-refractivity contribution < 1.29 is 9.53 Å². The van der Waals surface area contributed by atoms with E-state index in [1.165, 1.54) is 11.3 Å². The van der Waals surface area contributed by atoms with E-state index in [2.05, 4.69) is 4.98 Å². The van der Waals surface area contributed by atoms with E-state index in [1.54, 1.807) is 4.90 Å². The van der Waals surface area contributed by atoms with E-state index in [9.17, 15) is 4.79 Å². The predicted molar refractivity (Wildman–Crippen MR) is 99.3 cm³/mol. The first-order valence-electron chi connectivity index (χ1n) is 8.14. The van der Waals surface area contributed by atoms with Gasteiger partial charge in [0.15, 0.2) is 5.13 Å². The molecule has 0 aliphatic carbocycles. The molecule has 1 amide bonds. The lowest BCUT2D eigenvalue weighted by Crippen LogP contribution is -2.25. The van der Waals surface area contributed by atoms with Gasteiger partial charge in [-0.1, -0.05) is 30.4 Å². The molecule has 0 aliphatic heterocycles. The summed E-state index contributed by atoms with van der Waals surface area (Å²) in [5, 5.41) is 0.707. The molecule has 0 N–H and O–H groups in total. The number of fused-ring (bicyclic) bond motifs is 1. The molecular weight excluding hydrogens is 320 g/mol. The van der Waals surface area contributed by atoms with E-state index in [0.29, 0.717) is 18.2 Å². The van der Waals surface area contributed by atoms with Gasteiger partial charge in [0.2, 0.25) is 5.91 Å². The van der Waals surface area contributed by atoms with Crippen LogP contribution in [0.25, 0.3) is 10.2 Å². The van der Waals surface area contributed by atoms with E-state index < -0.39 is 0 Å². The number of benzene rings is 2. The molecule has 0 saturated carbocycles. The first-order chi connectivity index (χ1) is 11.7. The molecule has 1 aromatic heterocycles. The van der Waals surface area contributed by atoms with Gasteiger partial charge in [-0.15, -0.1) is 0 Å². The number of thiazole rings is 1. The summed E-state index contributed by atoms with van der Waals surface area (Å²) in [6.07, 6.45) is 1.29. The van der Waals surface area contributed by atoms with Gasteiger partial charge in [-0.2, -0.15) is 0 Å². The molecule has 0 atom stereocenters. The van der Waals surface area contributed by atoms with Crippen molar-refractivity contribution in [2.45, 2.75) is 26.7 Å². The highest BCUT2D eigenvalue weighted by Gasteiger charge is 2.21. The normalized spacial score (nSPS) is 10.8. The van der Waals surface area contributed by atoms with Crippen molar-refractivity contribution >= 4 is 38.3 Å². The third kappa shape index (κ3) is 3.41. The number of ether oxygens (including phenoxy) is 1. The molecule has 0 saturated heterocycles. The molecule has 2 aromatic carbocycles. The second kappa shape index (κ2) is 7.45. The summed E-state index contributed by atoms with van der Waals surface area (Å²) >= 11 is 1.53. The van der Waals surface area contributed by atoms with E-state index in [1.807, 2.05) is 62.4 Å². The summed E-state index contributed by atoms with van der Waals surface area (Å²) in [5.74, 6) is 0.856. The van der Waals surface area contributed by atoms with Crippen LogP contribution in [0.1, 0.15) is 26.7 Å². The molecule has 0 spiro atoms. The number of aromatic nitrogens is 1. The van der Waals surface area contributed by atoms with Gasteiger partial charge in [0.05, 0.1) is 22.5 Å². The van der Waals surface area contributed by atoms with E-state index in [-0.39, 0.29) is 5.91 Å². The molecule has 124 valence electrons. The van der Waals surface area contributed by atoms with Crippen LogP contribution in [0.15, 0.2) is 48.5 Å². The number of carbonyl (C=O) groups is 1. The second-order valence-electron chi connectivity index (χ2n) is 5.37. The molecule has 24 heavy (non-hydrogen) atoms. The molecule has 3 rings (SSSR count). The van der Waals surface area contributed by atoms with Crippen molar-refractivity contribution in [1.29, 1.82) is 0 Å². The molecule has 0 radical (unpaired) electrons. The number of nitrogens with zero attached hydrogens (tertiary/aromatic N) is 2. The number of anilines is 2. The minimum Gasteiger partial charge on any atom is -0.494 e. The molecule has 0 unspecified atom stereocenters. The average molecular weight is 340 g/mol. The Labute approximate surface area is 145 Å². The predicted octanol–water partition coefficient (Wildman–Crippen LogP) is 5.16. The van der Waals surface area contributed by atoms with Crippen LogP contribution in [-0.2, 0) is 4.79 Å². The first kappa shape index (κ1) is 16.5. The van der Waals surface area contributed by atoms with Crippen LogP contribution >= 0.6 is 11.3 Å². The molecule has 0 fully saturated rings. The molecular formula is C19H20N2O2S. The van der Waals surface area contributed by atoms with Crippen LogP contribution in [-0.4, -0.2) is 17.5 Å². The molecule has 3 aromatic rings. The van der Waals surface area contributed by atoms with Gasteiger partial charge in [-0.25, -0.2) is 4.98 Å². The zero-order chi connectivity index (χ0) is 16.9. The highest BCUT2D eigenvalue weighted by atomic mass is 32.1. The topological polar surface area (TPSA) is 42.4 Å². The summed E-state index contributed by atoms with van der Waals surface area (Å²) < 4.78 is 6.56. The minimum absolute atomic E-state index is 0.0562. The number of rotatable bonds is 6. The van der Waals surface area contributed by atoms with Crippen molar-refractivity contribution in [3.63, 3.8) is 0 Å². The lowest BCUT2D eigenvalue weighted by atomic mass is 10.2. The maximum absolute atomic E-state index is 12.7. The van der Waals surface area contributed by atoms with Gasteiger partial charge in [-0.3, -0.25) is 9.69 Å². The standard InChI is InChI=1S/C19H20N2O2S/c1-3-7-18(22)21(14-10-12-15(13-11-14)23-4-2)19-20-16-8-5-6-9-17(16)24-19/h5-6,8-13H,3-4,7H2,1-2H3. The Morgan fingerprint density at radius 3 is 2.54 bits per heavy atom.